The lowest BCUT2D eigenvalue weighted by molar-refractivity contribution is 0.221. The molecule has 0 aliphatic carbocycles. The van der Waals surface area contributed by atoms with Crippen LogP contribution in [0, 0.1) is 0 Å². The number of aliphatic hydroxyl groups is 1. The van der Waals surface area contributed by atoms with Crippen LogP contribution in [-0.4, -0.2) is 24.4 Å². The molecule has 0 aliphatic rings. The summed E-state index contributed by atoms with van der Waals surface area (Å²) in [6.45, 7) is 2.03. The van der Waals surface area contributed by atoms with Crippen LogP contribution < -0.4 is 10.1 Å². The number of halogens is 1. The van der Waals surface area contributed by atoms with Crippen molar-refractivity contribution in [2.24, 2.45) is 0 Å². The fourth-order valence-corrected chi connectivity index (χ4v) is 2.55. The number of hydrogen-bond acceptors (Lipinski definition) is 3. The first-order valence-corrected chi connectivity index (χ1v) is 7.62. The van der Waals surface area contributed by atoms with Gasteiger partial charge in [-0.25, -0.2) is 0 Å². The van der Waals surface area contributed by atoms with E-state index >= 15 is 0 Å². The van der Waals surface area contributed by atoms with Crippen LogP contribution in [0.4, 0.5) is 5.69 Å². The van der Waals surface area contributed by atoms with E-state index < -0.39 is 5.54 Å². The van der Waals surface area contributed by atoms with Crippen LogP contribution in [0.2, 0.25) is 0 Å². The number of nitrogens with one attached hydrogen (secondary N) is 1. The zero-order valence-corrected chi connectivity index (χ0v) is 13.9. The summed E-state index contributed by atoms with van der Waals surface area (Å²) >= 11 is 3.42. The van der Waals surface area contributed by atoms with Crippen LogP contribution >= 0.6 is 15.9 Å². The Labute approximate surface area is 134 Å². The molecule has 2 N–H and O–H groups in total. The van der Waals surface area contributed by atoms with Crippen molar-refractivity contribution in [3.05, 3.63) is 58.6 Å². The molecule has 3 nitrogen and oxygen atoms in total. The molecular weight excluding hydrogens is 330 g/mol. The van der Waals surface area contributed by atoms with Crippen LogP contribution in [0.15, 0.2) is 53.0 Å². The van der Waals surface area contributed by atoms with Crippen molar-refractivity contribution in [3.63, 3.8) is 0 Å². The van der Waals surface area contributed by atoms with Crippen LogP contribution in [-0.2, 0) is 6.42 Å². The second kappa shape index (κ2) is 6.96. The predicted octanol–water partition coefficient (Wildman–Crippen LogP) is 3.86. The Kier molecular flexibility index (Phi) is 5.26. The van der Waals surface area contributed by atoms with Crippen molar-refractivity contribution in [2.75, 3.05) is 19.0 Å². The molecule has 2 rings (SSSR count). The minimum Gasteiger partial charge on any atom is -0.496 e. The molecule has 0 spiro atoms. The minimum absolute atomic E-state index is 0.0289. The van der Waals surface area contributed by atoms with Gasteiger partial charge in [-0.1, -0.05) is 34.1 Å². The molecule has 0 saturated heterocycles. The number of aliphatic hydroxyl groups excluding tert-OH is 1. The van der Waals surface area contributed by atoms with Gasteiger partial charge in [0.15, 0.2) is 0 Å². The van der Waals surface area contributed by atoms with E-state index in [-0.39, 0.29) is 6.61 Å². The number of anilines is 1. The zero-order chi connectivity index (χ0) is 15.3. The molecule has 21 heavy (non-hydrogen) atoms. The molecule has 0 heterocycles. The molecule has 0 radical (unpaired) electrons. The molecule has 2 aromatic carbocycles. The molecule has 0 amide bonds. The Bertz CT molecular complexity index is 586. The first-order chi connectivity index (χ1) is 10.1. The highest BCUT2D eigenvalue weighted by molar-refractivity contribution is 9.10. The predicted molar refractivity (Wildman–Crippen MR) is 90.0 cm³/mol. The summed E-state index contributed by atoms with van der Waals surface area (Å²) < 4.78 is 6.42. The van der Waals surface area contributed by atoms with Crippen molar-refractivity contribution in [1.82, 2.24) is 0 Å². The van der Waals surface area contributed by atoms with E-state index in [9.17, 15) is 5.11 Å². The highest BCUT2D eigenvalue weighted by Gasteiger charge is 2.25. The third-order valence-electron chi connectivity index (χ3n) is 3.41. The molecule has 0 saturated carbocycles. The molecule has 4 heteroatoms. The quantitative estimate of drug-likeness (QED) is 0.831. The Morgan fingerprint density at radius 1 is 1.14 bits per heavy atom. The first-order valence-electron chi connectivity index (χ1n) is 6.83. The average Bonchev–Trinajstić information content (AvgIpc) is 2.50. The number of benzene rings is 2. The van der Waals surface area contributed by atoms with Gasteiger partial charge in [0.2, 0.25) is 0 Å². The molecule has 0 aliphatic heterocycles. The highest BCUT2D eigenvalue weighted by Crippen LogP contribution is 2.26. The summed E-state index contributed by atoms with van der Waals surface area (Å²) in [6.07, 6.45) is 0.670. The van der Waals surface area contributed by atoms with Gasteiger partial charge in [0, 0.05) is 16.6 Å². The monoisotopic (exact) mass is 349 g/mol. The van der Waals surface area contributed by atoms with Crippen LogP contribution in [0.5, 0.6) is 5.75 Å². The van der Waals surface area contributed by atoms with Crippen molar-refractivity contribution < 1.29 is 9.84 Å². The normalized spacial score (nSPS) is 13.5. The summed E-state index contributed by atoms with van der Waals surface area (Å²) in [5.41, 5.74) is 1.59. The molecule has 0 fully saturated rings. The van der Waals surface area contributed by atoms with E-state index in [0.717, 1.165) is 21.5 Å². The van der Waals surface area contributed by atoms with Crippen LogP contribution in [0.1, 0.15) is 12.5 Å². The first kappa shape index (κ1) is 15.9. The SMILES string of the molecule is COc1ccccc1CC(C)(CO)Nc1ccc(Br)cc1. The Morgan fingerprint density at radius 3 is 2.43 bits per heavy atom. The number of methoxy groups -OCH3 is 1. The van der Waals surface area contributed by atoms with Gasteiger partial charge in [0.1, 0.15) is 5.75 Å². The minimum atomic E-state index is -0.456. The number of ether oxygens (including phenoxy) is 1. The lowest BCUT2D eigenvalue weighted by Gasteiger charge is -2.30. The maximum absolute atomic E-state index is 9.81. The van der Waals surface area contributed by atoms with E-state index in [4.69, 9.17) is 4.74 Å². The van der Waals surface area contributed by atoms with Crippen molar-refractivity contribution in [3.8, 4) is 5.75 Å². The van der Waals surface area contributed by atoms with Gasteiger partial charge in [0.05, 0.1) is 19.3 Å². The Morgan fingerprint density at radius 2 is 1.81 bits per heavy atom. The smallest absolute Gasteiger partial charge is 0.122 e. The number of para-hydroxylation sites is 1. The van der Waals surface area contributed by atoms with Crippen molar-refractivity contribution in [1.29, 1.82) is 0 Å². The van der Waals surface area contributed by atoms with Crippen molar-refractivity contribution >= 4 is 21.6 Å². The van der Waals surface area contributed by atoms with Gasteiger partial charge in [-0.2, -0.15) is 0 Å². The lowest BCUT2D eigenvalue weighted by atomic mass is 9.92. The largest absolute Gasteiger partial charge is 0.496 e. The Balaban J connectivity index is 2.18. The van der Waals surface area contributed by atoms with E-state index in [2.05, 4.69) is 21.2 Å². The molecule has 1 unspecified atom stereocenters. The van der Waals surface area contributed by atoms with Gasteiger partial charge >= 0.3 is 0 Å². The summed E-state index contributed by atoms with van der Waals surface area (Å²) in [7, 11) is 1.66. The maximum Gasteiger partial charge on any atom is 0.122 e. The summed E-state index contributed by atoms with van der Waals surface area (Å²) in [4.78, 5) is 0. The average molecular weight is 350 g/mol. The highest BCUT2D eigenvalue weighted by atomic mass is 79.9. The molecule has 0 bridgehead atoms. The molecular formula is C17H20BrNO2. The summed E-state index contributed by atoms with van der Waals surface area (Å²) in [5, 5.41) is 13.2. The van der Waals surface area contributed by atoms with Gasteiger partial charge in [0.25, 0.3) is 0 Å². The van der Waals surface area contributed by atoms with Gasteiger partial charge < -0.3 is 15.2 Å². The van der Waals surface area contributed by atoms with Crippen LogP contribution in [0.3, 0.4) is 0 Å². The second-order valence-corrected chi connectivity index (χ2v) is 6.25. The standard InChI is InChI=1S/C17H20BrNO2/c1-17(12-20,19-15-9-7-14(18)8-10-15)11-13-5-3-4-6-16(13)21-2/h3-10,19-20H,11-12H2,1-2H3. The van der Waals surface area contributed by atoms with Gasteiger partial charge in [-0.05, 0) is 42.8 Å². The Hall–Kier alpha value is -1.52. The topological polar surface area (TPSA) is 41.5 Å². The summed E-state index contributed by atoms with van der Waals surface area (Å²) in [6, 6.07) is 15.8. The van der Waals surface area contributed by atoms with E-state index in [1.54, 1.807) is 7.11 Å². The van der Waals surface area contributed by atoms with Crippen molar-refractivity contribution in [2.45, 2.75) is 18.9 Å². The lowest BCUT2D eigenvalue weighted by Crippen LogP contribution is -2.41. The fraction of sp³-hybridized carbons (Fsp3) is 0.294. The fourth-order valence-electron chi connectivity index (χ4n) is 2.29. The third-order valence-corrected chi connectivity index (χ3v) is 3.94. The van der Waals surface area contributed by atoms with E-state index in [1.807, 2.05) is 55.5 Å². The summed E-state index contributed by atoms with van der Waals surface area (Å²) in [5.74, 6) is 0.842. The zero-order valence-electron chi connectivity index (χ0n) is 12.3. The number of hydrogen-bond donors (Lipinski definition) is 2. The molecule has 1 atom stereocenters. The van der Waals surface area contributed by atoms with Gasteiger partial charge in [-0.15, -0.1) is 0 Å². The van der Waals surface area contributed by atoms with Gasteiger partial charge in [-0.3, -0.25) is 0 Å². The van der Waals surface area contributed by atoms with Crippen LogP contribution in [0.25, 0.3) is 0 Å². The molecule has 112 valence electrons. The van der Waals surface area contributed by atoms with E-state index in [0.29, 0.717) is 6.42 Å². The maximum atomic E-state index is 9.81. The third kappa shape index (κ3) is 4.22. The molecule has 0 aromatic heterocycles. The molecule has 2 aromatic rings. The number of rotatable bonds is 6. The second-order valence-electron chi connectivity index (χ2n) is 5.34. The van der Waals surface area contributed by atoms with E-state index in [1.165, 1.54) is 0 Å².